The van der Waals surface area contributed by atoms with Crippen LogP contribution in [0.25, 0.3) is 0 Å². The quantitative estimate of drug-likeness (QED) is 0.579. The minimum atomic E-state index is -0.788. The Balaban J connectivity index is 1.56. The highest BCUT2D eigenvalue weighted by molar-refractivity contribution is 5.36. The number of hydrogen-bond acceptors (Lipinski definition) is 8. The van der Waals surface area contributed by atoms with Crippen LogP contribution in [-0.4, -0.2) is 53.8 Å². The lowest BCUT2D eigenvalue weighted by Crippen LogP contribution is -2.45. The number of hydrogen-bond donors (Lipinski definition) is 0. The highest BCUT2D eigenvalue weighted by Crippen LogP contribution is 2.42. The van der Waals surface area contributed by atoms with Gasteiger partial charge in [0.25, 0.3) is 5.69 Å². The average molecular weight is 381 g/mol. The molecular weight excluding hydrogens is 358 g/mol. The summed E-state index contributed by atoms with van der Waals surface area (Å²) in [5.74, 6) is -1.01. The Morgan fingerprint density at radius 2 is 1.74 bits per heavy atom. The summed E-state index contributed by atoms with van der Waals surface area (Å²) >= 11 is 0. The molecule has 27 heavy (non-hydrogen) atoms. The predicted octanol–water partition coefficient (Wildman–Crippen LogP) is 2.37. The first-order valence-electron chi connectivity index (χ1n) is 8.88. The molecule has 0 spiro atoms. The van der Waals surface area contributed by atoms with Gasteiger partial charge in [-0.05, 0) is 39.8 Å². The molecule has 1 aromatic carbocycles. The van der Waals surface area contributed by atoms with Crippen molar-refractivity contribution in [2.24, 2.45) is 0 Å². The number of nitrogens with zero attached hydrogens (tertiary/aromatic N) is 1. The van der Waals surface area contributed by atoms with E-state index < -0.39 is 41.1 Å². The lowest BCUT2D eigenvalue weighted by atomic mass is 10.1. The van der Waals surface area contributed by atoms with Gasteiger partial charge in [0.1, 0.15) is 18.0 Å². The first-order chi connectivity index (χ1) is 12.6. The maximum Gasteiger partial charge on any atom is 0.269 e. The van der Waals surface area contributed by atoms with Crippen LogP contribution in [0.15, 0.2) is 24.3 Å². The molecule has 3 fully saturated rings. The summed E-state index contributed by atoms with van der Waals surface area (Å²) in [6.07, 6.45) is -2.36. The van der Waals surface area contributed by atoms with E-state index in [0.717, 1.165) is 0 Å². The van der Waals surface area contributed by atoms with E-state index in [1.165, 1.54) is 12.1 Å². The third-order valence-electron chi connectivity index (χ3n) is 4.74. The average Bonchev–Trinajstić information content (AvgIpc) is 3.18. The van der Waals surface area contributed by atoms with E-state index in [1.54, 1.807) is 12.1 Å². The SMILES string of the molecule is CC1(C)OCC([C@H]2O[C@@H]3OC(C)(C)O[C@@H]3C2Oc2ccc([N+](=O)[O-])cc2)O1. The Labute approximate surface area is 156 Å². The van der Waals surface area contributed by atoms with Gasteiger partial charge in [-0.1, -0.05) is 0 Å². The van der Waals surface area contributed by atoms with E-state index in [4.69, 9.17) is 28.4 Å². The van der Waals surface area contributed by atoms with Crippen LogP contribution >= 0.6 is 0 Å². The molecule has 0 amide bonds. The predicted molar refractivity (Wildman–Crippen MR) is 91.1 cm³/mol. The van der Waals surface area contributed by atoms with Gasteiger partial charge in [0.15, 0.2) is 30.1 Å². The van der Waals surface area contributed by atoms with Crippen LogP contribution < -0.4 is 4.74 Å². The molecule has 3 aliphatic heterocycles. The summed E-state index contributed by atoms with van der Waals surface area (Å²) in [6, 6.07) is 5.90. The van der Waals surface area contributed by atoms with E-state index in [0.29, 0.717) is 12.4 Å². The number of rotatable bonds is 4. The van der Waals surface area contributed by atoms with Crippen molar-refractivity contribution in [3.8, 4) is 5.75 Å². The molecule has 3 aliphatic rings. The second kappa shape index (κ2) is 6.39. The molecule has 3 saturated heterocycles. The summed E-state index contributed by atoms with van der Waals surface area (Å²) in [4.78, 5) is 10.4. The van der Waals surface area contributed by atoms with Crippen LogP contribution in [0.5, 0.6) is 5.75 Å². The van der Waals surface area contributed by atoms with E-state index in [-0.39, 0.29) is 11.8 Å². The zero-order valence-corrected chi connectivity index (χ0v) is 15.6. The third-order valence-corrected chi connectivity index (χ3v) is 4.74. The normalized spacial score (nSPS) is 36.5. The molecule has 0 saturated carbocycles. The standard InChI is InChI=1S/C18H23NO8/c1-17(2)22-9-12(25-17)13-14(15-16(24-13)27-18(3,4)26-15)23-11-7-5-10(6-8-11)19(20)21/h5-8,12-16H,9H2,1-4H3/t12?,13-,14?,15-,16-/m1/s1. The van der Waals surface area contributed by atoms with Gasteiger partial charge >= 0.3 is 0 Å². The van der Waals surface area contributed by atoms with Crippen LogP contribution in [0.2, 0.25) is 0 Å². The second-order valence-electron chi connectivity index (χ2n) is 7.77. The Bertz CT molecular complexity index is 719. The largest absolute Gasteiger partial charge is 0.485 e. The van der Waals surface area contributed by atoms with E-state index >= 15 is 0 Å². The summed E-state index contributed by atoms with van der Waals surface area (Å²) < 4.78 is 35.6. The summed E-state index contributed by atoms with van der Waals surface area (Å²) in [5, 5.41) is 10.8. The number of non-ortho nitro benzene ring substituents is 1. The minimum absolute atomic E-state index is 0.00435. The van der Waals surface area contributed by atoms with E-state index in [2.05, 4.69) is 0 Å². The fourth-order valence-corrected chi connectivity index (χ4v) is 3.62. The molecule has 1 aromatic rings. The lowest BCUT2D eigenvalue weighted by molar-refractivity contribution is -0.384. The summed E-state index contributed by atoms with van der Waals surface area (Å²) in [7, 11) is 0. The molecule has 2 unspecified atom stereocenters. The zero-order chi connectivity index (χ0) is 19.4. The topological polar surface area (TPSA) is 98.5 Å². The van der Waals surface area contributed by atoms with E-state index in [1.807, 2.05) is 27.7 Å². The summed E-state index contributed by atoms with van der Waals surface area (Å²) in [6.45, 7) is 7.66. The smallest absolute Gasteiger partial charge is 0.269 e. The number of benzene rings is 1. The van der Waals surface area contributed by atoms with Crippen molar-refractivity contribution < 1.29 is 33.3 Å². The van der Waals surface area contributed by atoms with Crippen molar-refractivity contribution in [2.45, 2.75) is 70.0 Å². The Morgan fingerprint density at radius 3 is 2.33 bits per heavy atom. The van der Waals surface area contributed by atoms with Gasteiger partial charge in [-0.25, -0.2) is 0 Å². The van der Waals surface area contributed by atoms with Crippen molar-refractivity contribution in [2.75, 3.05) is 6.61 Å². The van der Waals surface area contributed by atoms with Gasteiger partial charge in [0.05, 0.1) is 11.5 Å². The number of ether oxygens (including phenoxy) is 6. The van der Waals surface area contributed by atoms with Crippen molar-refractivity contribution in [3.05, 3.63) is 34.4 Å². The fourth-order valence-electron chi connectivity index (χ4n) is 3.62. The van der Waals surface area contributed by atoms with Gasteiger partial charge in [-0.15, -0.1) is 0 Å². The molecular formula is C18H23NO8. The van der Waals surface area contributed by atoms with Gasteiger partial charge in [-0.3, -0.25) is 10.1 Å². The Kier molecular flexibility index (Phi) is 4.39. The molecule has 5 atom stereocenters. The molecule has 0 bridgehead atoms. The van der Waals surface area contributed by atoms with Crippen LogP contribution in [-0.2, 0) is 23.7 Å². The van der Waals surface area contributed by atoms with Crippen molar-refractivity contribution in [3.63, 3.8) is 0 Å². The van der Waals surface area contributed by atoms with Crippen molar-refractivity contribution in [1.29, 1.82) is 0 Å². The van der Waals surface area contributed by atoms with Gasteiger partial charge in [-0.2, -0.15) is 0 Å². The zero-order valence-electron chi connectivity index (χ0n) is 15.6. The van der Waals surface area contributed by atoms with Crippen molar-refractivity contribution in [1.82, 2.24) is 0 Å². The van der Waals surface area contributed by atoms with Crippen LogP contribution in [0, 0.1) is 10.1 Å². The number of nitro benzene ring substituents is 1. The molecule has 0 aliphatic carbocycles. The first-order valence-corrected chi connectivity index (χ1v) is 8.88. The lowest BCUT2D eigenvalue weighted by Gasteiger charge is -2.29. The molecule has 0 N–H and O–H groups in total. The summed E-state index contributed by atoms with van der Waals surface area (Å²) in [5.41, 5.74) is -0.00435. The third kappa shape index (κ3) is 3.65. The molecule has 0 radical (unpaired) electrons. The number of fused-ring (bicyclic) bond motifs is 1. The van der Waals surface area contributed by atoms with Gasteiger partial charge in [0, 0.05) is 12.1 Å². The van der Waals surface area contributed by atoms with Crippen LogP contribution in [0.4, 0.5) is 5.69 Å². The molecule has 148 valence electrons. The van der Waals surface area contributed by atoms with Crippen molar-refractivity contribution >= 4 is 5.69 Å². The Morgan fingerprint density at radius 1 is 1.04 bits per heavy atom. The van der Waals surface area contributed by atoms with Crippen LogP contribution in [0.3, 0.4) is 0 Å². The maximum absolute atomic E-state index is 10.8. The highest BCUT2D eigenvalue weighted by atomic mass is 16.8. The second-order valence-corrected chi connectivity index (χ2v) is 7.77. The van der Waals surface area contributed by atoms with Gasteiger partial charge in [0.2, 0.25) is 0 Å². The maximum atomic E-state index is 10.8. The molecule has 4 rings (SSSR count). The van der Waals surface area contributed by atoms with Gasteiger partial charge < -0.3 is 28.4 Å². The minimum Gasteiger partial charge on any atom is -0.485 e. The molecule has 0 aromatic heterocycles. The number of nitro groups is 1. The monoisotopic (exact) mass is 381 g/mol. The molecule has 3 heterocycles. The molecule has 9 heteroatoms. The Hall–Kier alpha value is -1.78. The highest BCUT2D eigenvalue weighted by Gasteiger charge is 2.59. The van der Waals surface area contributed by atoms with E-state index in [9.17, 15) is 10.1 Å². The fraction of sp³-hybridized carbons (Fsp3) is 0.667. The first kappa shape index (κ1) is 18.6. The molecule has 9 nitrogen and oxygen atoms in total. The van der Waals surface area contributed by atoms with Crippen LogP contribution in [0.1, 0.15) is 27.7 Å².